The van der Waals surface area contributed by atoms with Crippen molar-refractivity contribution < 1.29 is 28.4 Å². The first-order valence-corrected chi connectivity index (χ1v) is 8.95. The van der Waals surface area contributed by atoms with Crippen molar-refractivity contribution in [1.82, 2.24) is 10.2 Å². The molecular formula is C19H21N3O7. The monoisotopic (exact) mass is 403 g/mol. The van der Waals surface area contributed by atoms with E-state index in [4.69, 9.17) is 13.9 Å². The first kappa shape index (κ1) is 20.2. The summed E-state index contributed by atoms with van der Waals surface area (Å²) in [6.45, 7) is 0.939. The summed E-state index contributed by atoms with van der Waals surface area (Å²) in [4.78, 5) is 35.8. The standard InChI is InChI=1S/C19H21N3O7/c1-27-14-4-3-12(9-16(14)28-2)7-8-20-18(23)13-10-21(11-13)19(24)15-5-6-17(29-15)22(25)26/h3-6,9,13H,7-8,10-11H2,1-2H3,(H,20,23). The predicted molar refractivity (Wildman–Crippen MR) is 101 cm³/mol. The van der Waals surface area contributed by atoms with Gasteiger partial charge in [0.2, 0.25) is 5.91 Å². The van der Waals surface area contributed by atoms with Crippen LogP contribution in [0.4, 0.5) is 5.88 Å². The highest BCUT2D eigenvalue weighted by Crippen LogP contribution is 2.27. The Morgan fingerprint density at radius 1 is 1.21 bits per heavy atom. The van der Waals surface area contributed by atoms with Crippen LogP contribution < -0.4 is 14.8 Å². The van der Waals surface area contributed by atoms with Gasteiger partial charge in [0.15, 0.2) is 17.3 Å². The quantitative estimate of drug-likeness (QED) is 0.525. The number of likely N-dealkylation sites (tertiary alicyclic amines) is 1. The van der Waals surface area contributed by atoms with Gasteiger partial charge in [-0.3, -0.25) is 19.7 Å². The highest BCUT2D eigenvalue weighted by atomic mass is 16.6. The Morgan fingerprint density at radius 2 is 1.93 bits per heavy atom. The molecular weight excluding hydrogens is 382 g/mol. The summed E-state index contributed by atoms with van der Waals surface area (Å²) in [7, 11) is 3.13. The molecule has 1 aliphatic heterocycles. The number of ether oxygens (including phenoxy) is 2. The zero-order valence-corrected chi connectivity index (χ0v) is 16.0. The number of carbonyl (C=O) groups is 2. The van der Waals surface area contributed by atoms with Crippen LogP contribution in [0.5, 0.6) is 11.5 Å². The second-order valence-corrected chi connectivity index (χ2v) is 6.53. The fraction of sp³-hybridized carbons (Fsp3) is 0.368. The van der Waals surface area contributed by atoms with Gasteiger partial charge in [0, 0.05) is 19.6 Å². The van der Waals surface area contributed by atoms with Gasteiger partial charge in [0.25, 0.3) is 5.91 Å². The molecule has 0 saturated carbocycles. The van der Waals surface area contributed by atoms with Crippen molar-refractivity contribution in [3.05, 3.63) is 51.8 Å². The van der Waals surface area contributed by atoms with Crippen LogP contribution in [0, 0.1) is 16.0 Å². The Bertz CT molecular complexity index is 918. The van der Waals surface area contributed by atoms with Gasteiger partial charge >= 0.3 is 5.88 Å². The lowest BCUT2D eigenvalue weighted by Gasteiger charge is -2.37. The highest BCUT2D eigenvalue weighted by molar-refractivity contribution is 5.94. The summed E-state index contributed by atoms with van der Waals surface area (Å²) >= 11 is 0. The van der Waals surface area contributed by atoms with Crippen LogP contribution in [0.25, 0.3) is 0 Å². The number of nitrogens with one attached hydrogen (secondary N) is 1. The van der Waals surface area contributed by atoms with Crippen molar-refractivity contribution in [1.29, 1.82) is 0 Å². The normalized spacial score (nSPS) is 13.5. The molecule has 0 radical (unpaired) electrons. The molecule has 2 heterocycles. The van der Waals surface area contributed by atoms with E-state index < -0.39 is 16.7 Å². The molecule has 10 heteroatoms. The summed E-state index contributed by atoms with van der Waals surface area (Å²) in [5.74, 6) is -0.242. The van der Waals surface area contributed by atoms with E-state index in [1.54, 1.807) is 14.2 Å². The molecule has 1 fully saturated rings. The van der Waals surface area contributed by atoms with E-state index in [2.05, 4.69) is 5.32 Å². The molecule has 1 aromatic heterocycles. The van der Waals surface area contributed by atoms with E-state index in [1.807, 2.05) is 18.2 Å². The average Bonchev–Trinajstić information content (AvgIpc) is 3.17. The molecule has 2 aromatic rings. The lowest BCUT2D eigenvalue weighted by Crippen LogP contribution is -2.55. The molecule has 1 aromatic carbocycles. The maximum absolute atomic E-state index is 12.2. The lowest BCUT2D eigenvalue weighted by atomic mass is 9.98. The van der Waals surface area contributed by atoms with Crippen molar-refractivity contribution in [2.24, 2.45) is 5.92 Å². The number of carbonyl (C=O) groups excluding carboxylic acids is 2. The second kappa shape index (κ2) is 8.63. The maximum Gasteiger partial charge on any atom is 0.433 e. The molecule has 0 unspecified atom stereocenters. The summed E-state index contributed by atoms with van der Waals surface area (Å²) in [5.41, 5.74) is 0.993. The molecule has 10 nitrogen and oxygen atoms in total. The molecule has 29 heavy (non-hydrogen) atoms. The van der Waals surface area contributed by atoms with Gasteiger partial charge in [0.1, 0.15) is 4.92 Å². The summed E-state index contributed by atoms with van der Waals surface area (Å²) in [6, 6.07) is 7.96. The third kappa shape index (κ3) is 4.48. The van der Waals surface area contributed by atoms with E-state index in [-0.39, 0.29) is 30.7 Å². The largest absolute Gasteiger partial charge is 0.493 e. The molecule has 2 amide bonds. The van der Waals surface area contributed by atoms with Crippen LogP contribution in [0.3, 0.4) is 0 Å². The average molecular weight is 403 g/mol. The van der Waals surface area contributed by atoms with Crippen molar-refractivity contribution in [2.45, 2.75) is 6.42 Å². The topological polar surface area (TPSA) is 124 Å². The minimum atomic E-state index is -0.707. The second-order valence-electron chi connectivity index (χ2n) is 6.53. The summed E-state index contributed by atoms with van der Waals surface area (Å²) < 4.78 is 15.4. The van der Waals surface area contributed by atoms with Crippen LogP contribution in [-0.2, 0) is 11.2 Å². The van der Waals surface area contributed by atoms with Crippen LogP contribution in [0.1, 0.15) is 16.1 Å². The first-order valence-electron chi connectivity index (χ1n) is 8.95. The number of hydrogen-bond acceptors (Lipinski definition) is 7. The molecule has 154 valence electrons. The van der Waals surface area contributed by atoms with Gasteiger partial charge in [-0.15, -0.1) is 0 Å². The Hall–Kier alpha value is -3.56. The zero-order valence-electron chi connectivity index (χ0n) is 16.0. The minimum absolute atomic E-state index is 0.107. The Morgan fingerprint density at radius 3 is 2.55 bits per heavy atom. The van der Waals surface area contributed by atoms with Gasteiger partial charge in [-0.2, -0.15) is 0 Å². The fourth-order valence-electron chi connectivity index (χ4n) is 3.02. The summed E-state index contributed by atoms with van der Waals surface area (Å²) in [5, 5.41) is 13.5. The van der Waals surface area contributed by atoms with Crippen molar-refractivity contribution >= 4 is 17.7 Å². The van der Waals surface area contributed by atoms with Gasteiger partial charge in [-0.1, -0.05) is 6.07 Å². The number of methoxy groups -OCH3 is 2. The molecule has 1 aliphatic rings. The van der Waals surface area contributed by atoms with E-state index >= 15 is 0 Å². The lowest BCUT2D eigenvalue weighted by molar-refractivity contribution is -0.402. The number of furan rings is 1. The van der Waals surface area contributed by atoms with Crippen molar-refractivity contribution in [3.8, 4) is 11.5 Å². The predicted octanol–water partition coefficient (Wildman–Crippen LogP) is 1.64. The Kier molecular flexibility index (Phi) is 6.01. The van der Waals surface area contributed by atoms with Crippen LogP contribution in [0.15, 0.2) is 34.7 Å². The van der Waals surface area contributed by atoms with Crippen molar-refractivity contribution in [2.75, 3.05) is 33.9 Å². The number of rotatable bonds is 8. The van der Waals surface area contributed by atoms with Gasteiger partial charge in [0.05, 0.1) is 26.2 Å². The van der Waals surface area contributed by atoms with Crippen LogP contribution in [0.2, 0.25) is 0 Å². The molecule has 0 bridgehead atoms. The number of benzene rings is 1. The van der Waals surface area contributed by atoms with E-state index in [1.165, 1.54) is 11.0 Å². The SMILES string of the molecule is COc1ccc(CCNC(=O)C2CN(C(=O)c3ccc([N+](=O)[O-])o3)C2)cc1OC. The fourth-order valence-corrected chi connectivity index (χ4v) is 3.02. The number of amides is 2. The van der Waals surface area contributed by atoms with E-state index in [9.17, 15) is 19.7 Å². The van der Waals surface area contributed by atoms with E-state index in [0.717, 1.165) is 11.6 Å². The van der Waals surface area contributed by atoms with Gasteiger partial charge in [-0.05, 0) is 30.2 Å². The molecule has 0 aliphatic carbocycles. The van der Waals surface area contributed by atoms with Gasteiger partial charge in [-0.25, -0.2) is 0 Å². The minimum Gasteiger partial charge on any atom is -0.493 e. The Balaban J connectivity index is 1.43. The van der Waals surface area contributed by atoms with Crippen molar-refractivity contribution in [3.63, 3.8) is 0 Å². The number of nitro groups is 1. The molecule has 0 atom stereocenters. The van der Waals surface area contributed by atoms with Crippen LogP contribution in [-0.4, -0.2) is 55.5 Å². The smallest absolute Gasteiger partial charge is 0.433 e. The van der Waals surface area contributed by atoms with E-state index in [0.29, 0.717) is 24.5 Å². The Labute approximate surface area is 166 Å². The molecule has 1 N–H and O–H groups in total. The summed E-state index contributed by atoms with van der Waals surface area (Å²) in [6.07, 6.45) is 0.623. The van der Waals surface area contributed by atoms with Gasteiger partial charge < -0.3 is 24.1 Å². The third-order valence-corrected chi connectivity index (χ3v) is 4.68. The molecule has 0 spiro atoms. The highest BCUT2D eigenvalue weighted by Gasteiger charge is 2.37. The number of nitrogens with zero attached hydrogens (tertiary/aromatic N) is 2. The molecule has 1 saturated heterocycles. The third-order valence-electron chi connectivity index (χ3n) is 4.68. The first-order chi connectivity index (χ1) is 13.9. The zero-order chi connectivity index (χ0) is 21.0. The number of hydrogen-bond donors (Lipinski definition) is 1. The van der Waals surface area contributed by atoms with Crippen LogP contribution >= 0.6 is 0 Å². The molecule has 3 rings (SSSR count). The maximum atomic E-state index is 12.2.